The number of non-ortho nitro benzene ring substituents is 1. The highest BCUT2D eigenvalue weighted by atomic mass is 16.6. The molecule has 0 fully saturated rings. The van der Waals surface area contributed by atoms with E-state index in [1.54, 1.807) is 13.0 Å². The Labute approximate surface area is 112 Å². The van der Waals surface area contributed by atoms with Crippen molar-refractivity contribution in [3.8, 4) is 0 Å². The largest absolute Gasteiger partial charge is 0.376 e. The van der Waals surface area contributed by atoms with Gasteiger partial charge in [-0.3, -0.25) is 14.9 Å². The number of nitrogens with zero attached hydrogens (tertiary/aromatic N) is 1. The summed E-state index contributed by atoms with van der Waals surface area (Å²) >= 11 is 0. The molecule has 0 saturated heterocycles. The monoisotopic (exact) mass is 265 g/mol. The lowest BCUT2D eigenvalue weighted by molar-refractivity contribution is -0.384. The average molecular weight is 265 g/mol. The van der Waals surface area contributed by atoms with Crippen LogP contribution >= 0.6 is 0 Å². The van der Waals surface area contributed by atoms with Crippen LogP contribution in [0.1, 0.15) is 19.4 Å². The van der Waals surface area contributed by atoms with Crippen LogP contribution in [0.15, 0.2) is 18.2 Å². The molecule has 1 aromatic carbocycles. The van der Waals surface area contributed by atoms with Crippen molar-refractivity contribution < 1.29 is 9.72 Å². The van der Waals surface area contributed by atoms with Crippen molar-refractivity contribution in [1.29, 1.82) is 0 Å². The number of aryl methyl sites for hydroxylation is 1. The van der Waals surface area contributed by atoms with Crippen molar-refractivity contribution in [2.75, 3.05) is 18.4 Å². The molecule has 0 aliphatic rings. The Morgan fingerprint density at radius 2 is 2.05 bits per heavy atom. The van der Waals surface area contributed by atoms with E-state index < -0.39 is 4.92 Å². The number of rotatable bonds is 6. The van der Waals surface area contributed by atoms with Crippen molar-refractivity contribution in [3.63, 3.8) is 0 Å². The standard InChI is InChI=1S/C13H19N3O3/c1-9(2)7-15-13(17)8-14-11-4-10(3)5-12(6-11)16(18)19/h4-6,9,14H,7-8H2,1-3H3,(H,15,17). The highest BCUT2D eigenvalue weighted by Gasteiger charge is 2.09. The molecule has 0 bridgehead atoms. The summed E-state index contributed by atoms with van der Waals surface area (Å²) < 4.78 is 0. The minimum atomic E-state index is -0.447. The maximum absolute atomic E-state index is 11.5. The van der Waals surface area contributed by atoms with Gasteiger partial charge in [0.1, 0.15) is 0 Å². The van der Waals surface area contributed by atoms with Gasteiger partial charge in [0, 0.05) is 24.4 Å². The van der Waals surface area contributed by atoms with Crippen molar-refractivity contribution in [1.82, 2.24) is 5.32 Å². The summed E-state index contributed by atoms with van der Waals surface area (Å²) in [6.07, 6.45) is 0. The van der Waals surface area contributed by atoms with Crippen LogP contribution in [0.5, 0.6) is 0 Å². The van der Waals surface area contributed by atoms with Crippen LogP contribution < -0.4 is 10.6 Å². The maximum atomic E-state index is 11.5. The molecule has 19 heavy (non-hydrogen) atoms. The van der Waals surface area contributed by atoms with Gasteiger partial charge in [-0.15, -0.1) is 0 Å². The number of carbonyl (C=O) groups excluding carboxylic acids is 1. The normalized spacial score (nSPS) is 10.3. The van der Waals surface area contributed by atoms with Gasteiger partial charge in [-0.25, -0.2) is 0 Å². The molecule has 0 unspecified atom stereocenters. The Hall–Kier alpha value is -2.11. The molecule has 0 atom stereocenters. The molecule has 0 heterocycles. The summed E-state index contributed by atoms with van der Waals surface area (Å²) in [6, 6.07) is 4.68. The predicted molar refractivity (Wildman–Crippen MR) is 74.2 cm³/mol. The maximum Gasteiger partial charge on any atom is 0.271 e. The van der Waals surface area contributed by atoms with Crippen LogP contribution in [0.3, 0.4) is 0 Å². The number of nitro benzene ring substituents is 1. The van der Waals surface area contributed by atoms with Crippen molar-refractivity contribution >= 4 is 17.3 Å². The molecular formula is C13H19N3O3. The van der Waals surface area contributed by atoms with E-state index in [0.29, 0.717) is 18.2 Å². The molecule has 0 aromatic heterocycles. The van der Waals surface area contributed by atoms with E-state index in [4.69, 9.17) is 0 Å². The Morgan fingerprint density at radius 3 is 2.63 bits per heavy atom. The second-order valence-electron chi connectivity index (χ2n) is 4.87. The van der Waals surface area contributed by atoms with Gasteiger partial charge in [0.15, 0.2) is 0 Å². The van der Waals surface area contributed by atoms with Crippen LogP contribution in [-0.4, -0.2) is 23.9 Å². The lowest BCUT2D eigenvalue weighted by Crippen LogP contribution is -2.32. The van der Waals surface area contributed by atoms with E-state index in [1.807, 2.05) is 13.8 Å². The van der Waals surface area contributed by atoms with E-state index >= 15 is 0 Å². The zero-order valence-corrected chi connectivity index (χ0v) is 11.4. The molecule has 0 spiro atoms. The smallest absolute Gasteiger partial charge is 0.271 e. The molecule has 0 radical (unpaired) electrons. The summed E-state index contributed by atoms with van der Waals surface area (Å²) in [5.41, 5.74) is 1.37. The molecule has 0 aliphatic heterocycles. The molecule has 0 aliphatic carbocycles. The predicted octanol–water partition coefficient (Wildman–Crippen LogP) is 2.09. The van der Waals surface area contributed by atoms with E-state index in [1.165, 1.54) is 12.1 Å². The quantitative estimate of drug-likeness (QED) is 0.609. The SMILES string of the molecule is Cc1cc(NCC(=O)NCC(C)C)cc([N+](=O)[O-])c1. The van der Waals surface area contributed by atoms with Gasteiger partial charge in [0.05, 0.1) is 11.5 Å². The Bertz CT molecular complexity index is 472. The number of carbonyl (C=O) groups is 1. The van der Waals surface area contributed by atoms with Gasteiger partial charge in [0.25, 0.3) is 5.69 Å². The number of amides is 1. The zero-order valence-electron chi connectivity index (χ0n) is 11.4. The lowest BCUT2D eigenvalue weighted by Gasteiger charge is -2.09. The highest BCUT2D eigenvalue weighted by Crippen LogP contribution is 2.20. The average Bonchev–Trinajstić information content (AvgIpc) is 2.33. The van der Waals surface area contributed by atoms with Crippen LogP contribution in [-0.2, 0) is 4.79 Å². The van der Waals surface area contributed by atoms with Crippen LogP contribution in [0.2, 0.25) is 0 Å². The van der Waals surface area contributed by atoms with Crippen molar-refractivity contribution in [2.24, 2.45) is 5.92 Å². The van der Waals surface area contributed by atoms with Gasteiger partial charge < -0.3 is 10.6 Å². The highest BCUT2D eigenvalue weighted by molar-refractivity contribution is 5.80. The van der Waals surface area contributed by atoms with E-state index in [2.05, 4.69) is 10.6 Å². The third-order valence-electron chi connectivity index (χ3n) is 2.43. The van der Waals surface area contributed by atoms with E-state index in [0.717, 1.165) is 5.56 Å². The molecule has 6 nitrogen and oxygen atoms in total. The third kappa shape index (κ3) is 5.37. The van der Waals surface area contributed by atoms with E-state index in [9.17, 15) is 14.9 Å². The molecule has 104 valence electrons. The Balaban J connectivity index is 2.58. The molecule has 0 saturated carbocycles. The molecule has 1 rings (SSSR count). The van der Waals surface area contributed by atoms with Gasteiger partial charge in [-0.1, -0.05) is 13.8 Å². The Morgan fingerprint density at radius 1 is 1.37 bits per heavy atom. The molecule has 2 N–H and O–H groups in total. The second-order valence-corrected chi connectivity index (χ2v) is 4.87. The van der Waals surface area contributed by atoms with Gasteiger partial charge in [-0.05, 0) is 24.5 Å². The molecular weight excluding hydrogens is 246 g/mol. The van der Waals surface area contributed by atoms with Crippen molar-refractivity contribution in [2.45, 2.75) is 20.8 Å². The summed E-state index contributed by atoms with van der Waals surface area (Å²) in [5, 5.41) is 16.4. The number of anilines is 1. The fourth-order valence-corrected chi connectivity index (χ4v) is 1.53. The molecule has 1 aromatic rings. The summed E-state index contributed by atoms with van der Waals surface area (Å²) in [6.45, 7) is 6.52. The molecule has 6 heteroatoms. The lowest BCUT2D eigenvalue weighted by atomic mass is 10.2. The van der Waals surface area contributed by atoms with Crippen LogP contribution in [0, 0.1) is 23.0 Å². The first kappa shape index (κ1) is 14.9. The number of nitro groups is 1. The first-order chi connectivity index (χ1) is 8.88. The first-order valence-electron chi connectivity index (χ1n) is 6.15. The van der Waals surface area contributed by atoms with E-state index in [-0.39, 0.29) is 18.1 Å². The molecule has 1 amide bonds. The first-order valence-corrected chi connectivity index (χ1v) is 6.15. The van der Waals surface area contributed by atoms with Gasteiger partial charge >= 0.3 is 0 Å². The Kier molecular flexibility index (Phi) is 5.29. The van der Waals surface area contributed by atoms with Gasteiger partial charge in [-0.2, -0.15) is 0 Å². The summed E-state index contributed by atoms with van der Waals surface area (Å²) in [5.74, 6) is 0.266. The van der Waals surface area contributed by atoms with Crippen LogP contribution in [0.25, 0.3) is 0 Å². The number of nitrogens with one attached hydrogen (secondary N) is 2. The second kappa shape index (κ2) is 6.72. The van der Waals surface area contributed by atoms with Crippen LogP contribution in [0.4, 0.5) is 11.4 Å². The summed E-state index contributed by atoms with van der Waals surface area (Å²) in [4.78, 5) is 21.8. The minimum absolute atomic E-state index is 0.0186. The zero-order chi connectivity index (χ0) is 14.4. The number of hydrogen-bond acceptors (Lipinski definition) is 4. The summed E-state index contributed by atoms with van der Waals surface area (Å²) in [7, 11) is 0. The van der Waals surface area contributed by atoms with Gasteiger partial charge in [0.2, 0.25) is 5.91 Å². The number of benzene rings is 1. The van der Waals surface area contributed by atoms with Crippen molar-refractivity contribution in [3.05, 3.63) is 33.9 Å². The number of hydrogen-bond donors (Lipinski definition) is 2. The fourth-order valence-electron chi connectivity index (χ4n) is 1.53. The minimum Gasteiger partial charge on any atom is -0.376 e. The topological polar surface area (TPSA) is 84.3 Å². The third-order valence-corrected chi connectivity index (χ3v) is 2.43. The fraction of sp³-hybridized carbons (Fsp3) is 0.462.